The van der Waals surface area contributed by atoms with Crippen LogP contribution in [0.5, 0.6) is 5.75 Å². The summed E-state index contributed by atoms with van der Waals surface area (Å²) >= 11 is 0. The van der Waals surface area contributed by atoms with Crippen molar-refractivity contribution in [2.45, 2.75) is 32.4 Å². The number of hydrogen-bond acceptors (Lipinski definition) is 3. The Balaban J connectivity index is 2.57. The maximum absolute atomic E-state index is 12.2. The van der Waals surface area contributed by atoms with Crippen LogP contribution in [0.3, 0.4) is 0 Å². The summed E-state index contributed by atoms with van der Waals surface area (Å²) in [5.41, 5.74) is 0.710. The van der Waals surface area contributed by atoms with Crippen LogP contribution < -0.4 is 10.1 Å². The van der Waals surface area contributed by atoms with Gasteiger partial charge in [0.2, 0.25) is 0 Å². The van der Waals surface area contributed by atoms with Crippen molar-refractivity contribution in [3.63, 3.8) is 0 Å². The smallest absolute Gasteiger partial charge is 0.387 e. The Kier molecular flexibility index (Phi) is 6.60. The second-order valence-corrected chi connectivity index (χ2v) is 4.02. The first-order chi connectivity index (χ1) is 8.65. The highest BCUT2D eigenvalue weighted by Gasteiger charge is 2.13. The molecule has 0 aliphatic heterocycles. The number of alkyl halides is 2. The van der Waals surface area contributed by atoms with E-state index in [2.05, 4.69) is 10.1 Å². The molecule has 0 aliphatic rings. The lowest BCUT2D eigenvalue weighted by Gasteiger charge is -2.17. The first kappa shape index (κ1) is 14.9. The number of unbranched alkanes of at least 4 members (excludes halogenated alkanes) is 1. The fourth-order valence-electron chi connectivity index (χ4n) is 1.71. The van der Waals surface area contributed by atoms with E-state index < -0.39 is 6.61 Å². The number of aliphatic hydroxyl groups excluding tert-OH is 1. The van der Waals surface area contributed by atoms with E-state index in [1.807, 2.05) is 6.92 Å². The van der Waals surface area contributed by atoms with Gasteiger partial charge in [0.15, 0.2) is 0 Å². The molecule has 3 nitrogen and oxygen atoms in total. The molecule has 0 aromatic heterocycles. The van der Waals surface area contributed by atoms with Crippen LogP contribution >= 0.6 is 0 Å². The summed E-state index contributed by atoms with van der Waals surface area (Å²) in [4.78, 5) is 0. The van der Waals surface area contributed by atoms with Crippen molar-refractivity contribution in [2.24, 2.45) is 0 Å². The van der Waals surface area contributed by atoms with Gasteiger partial charge in [-0.25, -0.2) is 0 Å². The molecule has 0 fully saturated rings. The SMILES string of the molecule is CC(NCCCCO)c1ccccc1OC(F)F. The summed E-state index contributed by atoms with van der Waals surface area (Å²) in [5, 5.41) is 11.9. The average molecular weight is 259 g/mol. The van der Waals surface area contributed by atoms with Gasteiger partial charge in [-0.1, -0.05) is 18.2 Å². The topological polar surface area (TPSA) is 41.5 Å². The zero-order valence-electron chi connectivity index (χ0n) is 10.4. The first-order valence-electron chi connectivity index (χ1n) is 6.03. The highest BCUT2D eigenvalue weighted by Crippen LogP contribution is 2.26. The number of hydrogen-bond donors (Lipinski definition) is 2. The molecule has 0 saturated heterocycles. The van der Waals surface area contributed by atoms with Gasteiger partial charge in [-0.2, -0.15) is 8.78 Å². The maximum atomic E-state index is 12.2. The van der Waals surface area contributed by atoms with Crippen LogP contribution in [-0.2, 0) is 0 Å². The molecule has 0 amide bonds. The lowest BCUT2D eigenvalue weighted by Crippen LogP contribution is -2.21. The Morgan fingerprint density at radius 3 is 2.67 bits per heavy atom. The maximum Gasteiger partial charge on any atom is 0.387 e. The van der Waals surface area contributed by atoms with Gasteiger partial charge in [0, 0.05) is 18.2 Å². The van der Waals surface area contributed by atoms with Gasteiger partial charge in [0.05, 0.1) is 0 Å². The van der Waals surface area contributed by atoms with Crippen LogP contribution in [0.25, 0.3) is 0 Å². The Morgan fingerprint density at radius 1 is 1.28 bits per heavy atom. The molecular formula is C13H19F2NO2. The summed E-state index contributed by atoms with van der Waals surface area (Å²) < 4.78 is 29.0. The van der Waals surface area contributed by atoms with Gasteiger partial charge in [-0.3, -0.25) is 0 Å². The molecule has 0 bridgehead atoms. The number of ether oxygens (including phenoxy) is 1. The van der Waals surface area contributed by atoms with E-state index in [0.717, 1.165) is 19.4 Å². The van der Waals surface area contributed by atoms with Crippen molar-refractivity contribution in [1.82, 2.24) is 5.32 Å². The average Bonchev–Trinajstić information content (AvgIpc) is 2.34. The van der Waals surface area contributed by atoms with Crippen LogP contribution in [0.15, 0.2) is 24.3 Å². The van der Waals surface area contributed by atoms with Crippen LogP contribution in [0, 0.1) is 0 Å². The Morgan fingerprint density at radius 2 is 2.00 bits per heavy atom. The minimum atomic E-state index is -2.81. The molecule has 102 valence electrons. The lowest BCUT2D eigenvalue weighted by atomic mass is 10.1. The molecular weight excluding hydrogens is 240 g/mol. The van der Waals surface area contributed by atoms with Crippen molar-refractivity contribution < 1.29 is 18.6 Å². The molecule has 2 N–H and O–H groups in total. The normalized spacial score (nSPS) is 12.7. The molecule has 0 spiro atoms. The van der Waals surface area contributed by atoms with Crippen molar-refractivity contribution in [1.29, 1.82) is 0 Å². The zero-order chi connectivity index (χ0) is 13.4. The summed E-state index contributed by atoms with van der Waals surface area (Å²) in [6.07, 6.45) is 1.58. The van der Waals surface area contributed by atoms with Crippen molar-refractivity contribution in [3.05, 3.63) is 29.8 Å². The molecule has 1 unspecified atom stereocenters. The second-order valence-electron chi connectivity index (χ2n) is 4.02. The van der Waals surface area contributed by atoms with E-state index in [0.29, 0.717) is 5.56 Å². The van der Waals surface area contributed by atoms with Crippen molar-refractivity contribution >= 4 is 0 Å². The van der Waals surface area contributed by atoms with E-state index in [-0.39, 0.29) is 18.4 Å². The Hall–Kier alpha value is -1.20. The largest absolute Gasteiger partial charge is 0.434 e. The highest BCUT2D eigenvalue weighted by molar-refractivity contribution is 5.35. The van der Waals surface area contributed by atoms with Crippen molar-refractivity contribution in [3.8, 4) is 5.75 Å². The molecule has 0 heterocycles. The zero-order valence-corrected chi connectivity index (χ0v) is 10.4. The minimum Gasteiger partial charge on any atom is -0.434 e. The third-order valence-electron chi connectivity index (χ3n) is 2.64. The molecule has 18 heavy (non-hydrogen) atoms. The predicted molar refractivity (Wildman–Crippen MR) is 65.8 cm³/mol. The van der Waals surface area contributed by atoms with E-state index in [9.17, 15) is 8.78 Å². The fourth-order valence-corrected chi connectivity index (χ4v) is 1.71. The van der Waals surface area contributed by atoms with Crippen LogP contribution in [0.4, 0.5) is 8.78 Å². The molecule has 1 aromatic rings. The number of aliphatic hydroxyl groups is 1. The summed E-state index contributed by atoms with van der Waals surface area (Å²) in [5.74, 6) is 0.203. The Labute approximate surface area is 106 Å². The number of rotatable bonds is 8. The summed E-state index contributed by atoms with van der Waals surface area (Å²) in [7, 11) is 0. The van der Waals surface area contributed by atoms with Crippen molar-refractivity contribution in [2.75, 3.05) is 13.2 Å². The van der Waals surface area contributed by atoms with E-state index in [4.69, 9.17) is 5.11 Å². The molecule has 0 saturated carbocycles. The highest BCUT2D eigenvalue weighted by atomic mass is 19.3. The van der Waals surface area contributed by atoms with Gasteiger partial charge in [0.25, 0.3) is 0 Å². The predicted octanol–water partition coefficient (Wildman–Crippen LogP) is 2.71. The number of halogens is 2. The lowest BCUT2D eigenvalue weighted by molar-refractivity contribution is -0.0506. The molecule has 0 radical (unpaired) electrons. The third-order valence-corrected chi connectivity index (χ3v) is 2.64. The third kappa shape index (κ3) is 4.98. The summed E-state index contributed by atoms with van der Waals surface area (Å²) in [6, 6.07) is 6.69. The molecule has 1 rings (SSSR count). The fraction of sp³-hybridized carbons (Fsp3) is 0.538. The van der Waals surface area contributed by atoms with E-state index in [1.54, 1.807) is 18.2 Å². The molecule has 5 heteroatoms. The van der Waals surface area contributed by atoms with Gasteiger partial charge in [0.1, 0.15) is 5.75 Å². The first-order valence-corrected chi connectivity index (χ1v) is 6.03. The molecule has 1 aromatic carbocycles. The van der Waals surface area contributed by atoms with Gasteiger partial charge in [-0.05, 0) is 32.4 Å². The number of para-hydroxylation sites is 1. The van der Waals surface area contributed by atoms with Crippen LogP contribution in [0.1, 0.15) is 31.4 Å². The summed E-state index contributed by atoms with van der Waals surface area (Å²) in [6.45, 7) is -0.0221. The molecule has 0 aliphatic carbocycles. The number of nitrogens with one attached hydrogen (secondary N) is 1. The number of benzene rings is 1. The van der Waals surface area contributed by atoms with E-state index in [1.165, 1.54) is 6.07 Å². The minimum absolute atomic E-state index is 0.0707. The van der Waals surface area contributed by atoms with Gasteiger partial charge >= 0.3 is 6.61 Å². The van der Waals surface area contributed by atoms with E-state index >= 15 is 0 Å². The van der Waals surface area contributed by atoms with Gasteiger partial charge in [-0.15, -0.1) is 0 Å². The second kappa shape index (κ2) is 8.00. The van der Waals surface area contributed by atoms with Gasteiger partial charge < -0.3 is 15.2 Å². The standard InChI is InChI=1S/C13H19F2NO2/c1-10(16-8-4-5-9-17)11-6-2-3-7-12(11)18-13(14)15/h2-3,6-7,10,13,16-17H,4-5,8-9H2,1H3. The Bertz CT molecular complexity index is 348. The quantitative estimate of drug-likeness (QED) is 0.705. The van der Waals surface area contributed by atoms with Crippen LogP contribution in [0.2, 0.25) is 0 Å². The van der Waals surface area contributed by atoms with Crippen LogP contribution in [-0.4, -0.2) is 24.9 Å². The monoisotopic (exact) mass is 259 g/mol. The molecule has 1 atom stereocenters.